The van der Waals surface area contributed by atoms with E-state index < -0.39 is 12.8 Å². The summed E-state index contributed by atoms with van der Waals surface area (Å²) >= 11 is 0. The van der Waals surface area contributed by atoms with Gasteiger partial charge in [0.05, 0.1) is 24.4 Å². The van der Waals surface area contributed by atoms with E-state index in [0.717, 1.165) is 31.6 Å². The number of rotatable bonds is 5. The summed E-state index contributed by atoms with van der Waals surface area (Å²) in [5.74, 6) is 0.951. The van der Waals surface area contributed by atoms with E-state index in [1.54, 1.807) is 0 Å². The van der Waals surface area contributed by atoms with Crippen LogP contribution in [0.1, 0.15) is 25.7 Å². The summed E-state index contributed by atoms with van der Waals surface area (Å²) in [7, 11) is 0. The van der Waals surface area contributed by atoms with E-state index in [2.05, 4.69) is 19.5 Å². The van der Waals surface area contributed by atoms with Gasteiger partial charge in [0.2, 0.25) is 5.95 Å². The van der Waals surface area contributed by atoms with Gasteiger partial charge in [0, 0.05) is 42.9 Å². The number of morpholine rings is 1. The van der Waals surface area contributed by atoms with Crippen molar-refractivity contribution in [2.75, 3.05) is 35.2 Å². The molecule has 2 N–H and O–H groups in total. The third-order valence-corrected chi connectivity index (χ3v) is 7.29. The third-order valence-electron chi connectivity index (χ3n) is 7.29. The first-order valence-corrected chi connectivity index (χ1v) is 11.3. The second-order valence-electron chi connectivity index (χ2n) is 9.29. The molecule has 1 aliphatic carbocycles. The van der Waals surface area contributed by atoms with Crippen LogP contribution >= 0.6 is 0 Å². The summed E-state index contributed by atoms with van der Waals surface area (Å²) in [6, 6.07) is 3.55. The average molecular weight is 462 g/mol. The summed E-state index contributed by atoms with van der Waals surface area (Å²) in [5.41, 5.74) is 6.75. The summed E-state index contributed by atoms with van der Waals surface area (Å²) in [5, 5.41) is 0. The number of nitrogens with two attached hydrogens (primary N) is 1. The minimum Gasteiger partial charge on any atom is -0.431 e. The molecule has 5 atom stereocenters. The van der Waals surface area contributed by atoms with Crippen molar-refractivity contribution in [1.29, 1.82) is 0 Å². The largest absolute Gasteiger partial charge is 0.431 e. The fourth-order valence-corrected chi connectivity index (χ4v) is 5.60. The highest BCUT2D eigenvalue weighted by molar-refractivity contribution is 5.68. The van der Waals surface area contributed by atoms with E-state index in [1.165, 1.54) is 12.3 Å². The number of alkyl halides is 3. The summed E-state index contributed by atoms with van der Waals surface area (Å²) in [6.45, 7) is -1.06. The Morgan fingerprint density at radius 3 is 2.61 bits per heavy atom. The second-order valence-corrected chi connectivity index (χ2v) is 9.29. The number of piperidine rings is 2. The van der Waals surface area contributed by atoms with Gasteiger partial charge in [-0.2, -0.15) is 13.8 Å². The van der Waals surface area contributed by atoms with Crippen molar-refractivity contribution in [3.8, 4) is 17.0 Å². The lowest BCUT2D eigenvalue weighted by atomic mass is 9.97. The van der Waals surface area contributed by atoms with Gasteiger partial charge in [0.15, 0.2) is 11.6 Å². The fourth-order valence-electron chi connectivity index (χ4n) is 5.60. The Bertz CT molecular complexity index is 1050. The van der Waals surface area contributed by atoms with E-state index in [9.17, 15) is 13.2 Å². The van der Waals surface area contributed by atoms with Gasteiger partial charge >= 0.3 is 6.61 Å². The van der Waals surface area contributed by atoms with Crippen molar-refractivity contribution in [3.05, 3.63) is 18.3 Å². The highest BCUT2D eigenvalue weighted by Crippen LogP contribution is 2.42. The minimum atomic E-state index is -3.02. The summed E-state index contributed by atoms with van der Waals surface area (Å²) < 4.78 is 50.2. The van der Waals surface area contributed by atoms with Crippen LogP contribution in [-0.4, -0.2) is 65.6 Å². The van der Waals surface area contributed by atoms with Crippen LogP contribution in [0.15, 0.2) is 18.3 Å². The molecule has 3 unspecified atom stereocenters. The predicted molar refractivity (Wildman–Crippen MR) is 115 cm³/mol. The van der Waals surface area contributed by atoms with Crippen molar-refractivity contribution in [3.63, 3.8) is 0 Å². The van der Waals surface area contributed by atoms with Crippen molar-refractivity contribution in [2.45, 2.75) is 56.7 Å². The lowest BCUT2D eigenvalue weighted by molar-refractivity contribution is -0.0494. The number of halogens is 3. The number of aromatic nitrogens is 3. The molecule has 5 fully saturated rings. The van der Waals surface area contributed by atoms with E-state index in [4.69, 9.17) is 20.4 Å². The molecule has 4 aliphatic heterocycles. The van der Waals surface area contributed by atoms with Crippen molar-refractivity contribution >= 4 is 17.6 Å². The van der Waals surface area contributed by atoms with E-state index >= 15 is 0 Å². The standard InChI is InChI=1S/C22H25F3N6O2/c23-16-5-14-3-12(16)8-31(14)22-28-17(11-4-18(33-21(24)25)20(26)27-7-11)6-19(29-22)30-9-15-2-1-13(30)10-32-15/h4,6-7,12-16,21H,1-3,5,8-10H2,(H2,26,27)/t12?,13-,14?,15-,16?/m0/s1. The fraction of sp³-hybridized carbons (Fsp3) is 0.591. The Morgan fingerprint density at radius 2 is 1.97 bits per heavy atom. The van der Waals surface area contributed by atoms with Crippen LogP contribution in [0.4, 0.5) is 30.8 Å². The molecule has 11 heteroatoms. The molecule has 8 nitrogen and oxygen atoms in total. The Labute approximate surface area is 188 Å². The lowest BCUT2D eigenvalue weighted by Crippen LogP contribution is -2.55. The number of nitrogen functional groups attached to an aromatic ring is 1. The van der Waals surface area contributed by atoms with E-state index in [1.807, 2.05) is 6.07 Å². The molecule has 33 heavy (non-hydrogen) atoms. The maximum atomic E-state index is 14.1. The van der Waals surface area contributed by atoms with Gasteiger partial charge in [-0.25, -0.2) is 14.4 Å². The highest BCUT2D eigenvalue weighted by Gasteiger charge is 2.46. The predicted octanol–water partition coefficient (Wildman–Crippen LogP) is 3.03. The van der Waals surface area contributed by atoms with Crippen molar-refractivity contribution in [1.82, 2.24) is 15.0 Å². The zero-order valence-corrected chi connectivity index (χ0v) is 17.9. The van der Waals surface area contributed by atoms with Crippen LogP contribution in [0.25, 0.3) is 11.3 Å². The molecule has 176 valence electrons. The molecule has 4 saturated heterocycles. The van der Waals surface area contributed by atoms with Gasteiger partial charge in [-0.15, -0.1) is 0 Å². The zero-order chi connectivity index (χ0) is 22.7. The smallest absolute Gasteiger partial charge is 0.387 e. The molecule has 0 spiro atoms. The number of hydrogen-bond acceptors (Lipinski definition) is 8. The SMILES string of the molecule is Nc1ncc(-c2cc(N3C[C@@H]4CC[C@H]3CO4)nc(N3CC4CC3CC4F)n2)cc1OC(F)F. The van der Waals surface area contributed by atoms with Crippen molar-refractivity contribution in [2.24, 2.45) is 5.92 Å². The number of hydrogen-bond donors (Lipinski definition) is 1. The second kappa shape index (κ2) is 7.89. The Hall–Kier alpha value is -2.82. The number of anilines is 3. The zero-order valence-electron chi connectivity index (χ0n) is 17.9. The van der Waals surface area contributed by atoms with Gasteiger partial charge in [-0.05, 0) is 31.7 Å². The molecule has 0 amide bonds. The monoisotopic (exact) mass is 462 g/mol. The van der Waals surface area contributed by atoms with Crippen LogP contribution in [0.3, 0.4) is 0 Å². The van der Waals surface area contributed by atoms with E-state index in [-0.39, 0.29) is 35.7 Å². The molecule has 2 aromatic heterocycles. The number of pyridine rings is 1. The molecule has 7 rings (SSSR count). The Morgan fingerprint density at radius 1 is 1.09 bits per heavy atom. The first-order chi connectivity index (χ1) is 15.9. The molecular weight excluding hydrogens is 437 g/mol. The first-order valence-electron chi connectivity index (χ1n) is 11.3. The first kappa shape index (κ1) is 20.8. The van der Waals surface area contributed by atoms with Gasteiger partial charge in [0.25, 0.3) is 0 Å². The van der Waals surface area contributed by atoms with Crippen LogP contribution in [0, 0.1) is 5.92 Å². The van der Waals surface area contributed by atoms with E-state index in [0.29, 0.717) is 36.8 Å². The number of nitrogens with zero attached hydrogens (tertiary/aromatic N) is 5. The van der Waals surface area contributed by atoms with Gasteiger partial charge < -0.3 is 25.0 Å². The maximum absolute atomic E-state index is 14.1. The summed E-state index contributed by atoms with van der Waals surface area (Å²) in [4.78, 5) is 18.0. The maximum Gasteiger partial charge on any atom is 0.387 e. The van der Waals surface area contributed by atoms with Gasteiger partial charge in [0.1, 0.15) is 12.0 Å². The minimum absolute atomic E-state index is 0.00524. The molecule has 5 aliphatic rings. The normalized spacial score (nSPS) is 30.5. The Balaban J connectivity index is 1.40. The molecule has 4 bridgehead atoms. The molecule has 2 aromatic rings. The van der Waals surface area contributed by atoms with Crippen LogP contribution in [0.5, 0.6) is 5.75 Å². The molecule has 6 heterocycles. The van der Waals surface area contributed by atoms with Crippen LogP contribution in [0.2, 0.25) is 0 Å². The Kier molecular flexibility index (Phi) is 4.97. The molecule has 0 aromatic carbocycles. The quantitative estimate of drug-likeness (QED) is 0.726. The summed E-state index contributed by atoms with van der Waals surface area (Å²) in [6.07, 6.45) is 4.19. The van der Waals surface area contributed by atoms with Gasteiger partial charge in [-0.3, -0.25) is 0 Å². The van der Waals surface area contributed by atoms with Gasteiger partial charge in [-0.1, -0.05) is 0 Å². The molecule has 1 saturated carbocycles. The van der Waals surface area contributed by atoms with Crippen molar-refractivity contribution < 1.29 is 22.6 Å². The number of ether oxygens (including phenoxy) is 2. The molecule has 0 radical (unpaired) electrons. The lowest BCUT2D eigenvalue weighted by Gasteiger charge is -2.46. The van der Waals surface area contributed by atoms with Crippen LogP contribution in [-0.2, 0) is 4.74 Å². The third kappa shape index (κ3) is 3.71. The highest BCUT2D eigenvalue weighted by atomic mass is 19.3. The average Bonchev–Trinajstić information content (AvgIpc) is 3.40. The number of fused-ring (bicyclic) bond motifs is 5. The van der Waals surface area contributed by atoms with Crippen LogP contribution < -0.4 is 20.3 Å². The topological polar surface area (TPSA) is 89.6 Å². The molecular formula is C22H25F3N6O2.